The highest BCUT2D eigenvalue weighted by atomic mass is 16.5. The second-order valence-corrected chi connectivity index (χ2v) is 4.58. The molecule has 0 amide bonds. The molecule has 1 unspecified atom stereocenters. The van der Waals surface area contributed by atoms with Crippen LogP contribution >= 0.6 is 0 Å². The van der Waals surface area contributed by atoms with Crippen LogP contribution in [-0.4, -0.2) is 44.8 Å². The minimum Gasteiger partial charge on any atom is -0.383 e. The number of anilines is 1. The van der Waals surface area contributed by atoms with Gasteiger partial charge in [0.05, 0.1) is 13.2 Å². The van der Waals surface area contributed by atoms with Crippen molar-refractivity contribution in [2.75, 3.05) is 32.7 Å². The number of guanidine groups is 1. The van der Waals surface area contributed by atoms with E-state index in [1.807, 2.05) is 38.1 Å². The van der Waals surface area contributed by atoms with Crippen LogP contribution in [-0.2, 0) is 11.3 Å². The molecule has 0 fully saturated rings. The molecule has 3 N–H and O–H groups in total. The fourth-order valence-corrected chi connectivity index (χ4v) is 1.72. The number of hydrogen-bond donors (Lipinski definition) is 2. The van der Waals surface area contributed by atoms with Gasteiger partial charge in [-0.3, -0.25) is 0 Å². The van der Waals surface area contributed by atoms with E-state index in [0.29, 0.717) is 19.1 Å². The molecule has 0 spiro atoms. The molecule has 19 heavy (non-hydrogen) atoms. The van der Waals surface area contributed by atoms with Crippen LogP contribution in [0, 0.1) is 0 Å². The quantitative estimate of drug-likeness (QED) is 0.581. The Morgan fingerprint density at radius 2 is 2.32 bits per heavy atom. The molecule has 0 saturated heterocycles. The van der Waals surface area contributed by atoms with Gasteiger partial charge in [-0.2, -0.15) is 0 Å². The molecule has 106 valence electrons. The first-order valence-corrected chi connectivity index (χ1v) is 6.21. The van der Waals surface area contributed by atoms with Crippen LogP contribution in [0.25, 0.3) is 0 Å². The highest BCUT2D eigenvalue weighted by Crippen LogP contribution is 2.14. The molecular weight excluding hydrogens is 242 g/mol. The molecule has 6 nitrogen and oxygen atoms in total. The maximum Gasteiger partial charge on any atom is 0.189 e. The van der Waals surface area contributed by atoms with Crippen molar-refractivity contribution in [3.63, 3.8) is 0 Å². The Bertz CT molecular complexity index is 419. The average Bonchev–Trinajstić information content (AvgIpc) is 2.36. The standard InChI is InChI=1S/C13H23N5O/c1-10(9-19-4)17-13(14)16-8-11-6-5-7-15-12(11)18(2)3/h5-7,10H,8-9H2,1-4H3,(H3,14,16,17). The van der Waals surface area contributed by atoms with Gasteiger partial charge in [0.2, 0.25) is 0 Å². The molecule has 0 radical (unpaired) electrons. The molecule has 0 aliphatic heterocycles. The third-order valence-electron chi connectivity index (χ3n) is 2.52. The number of ether oxygens (including phenoxy) is 1. The summed E-state index contributed by atoms with van der Waals surface area (Å²) in [6, 6.07) is 4.03. The second kappa shape index (κ2) is 7.58. The van der Waals surface area contributed by atoms with Gasteiger partial charge >= 0.3 is 0 Å². The van der Waals surface area contributed by atoms with Crippen LogP contribution in [0.5, 0.6) is 0 Å². The number of aliphatic imine (C=N–C) groups is 1. The summed E-state index contributed by atoms with van der Waals surface area (Å²) in [7, 11) is 5.57. The highest BCUT2D eigenvalue weighted by molar-refractivity contribution is 5.78. The van der Waals surface area contributed by atoms with Crippen molar-refractivity contribution in [1.29, 1.82) is 0 Å². The van der Waals surface area contributed by atoms with Crippen LogP contribution in [0.4, 0.5) is 5.82 Å². The largest absolute Gasteiger partial charge is 0.383 e. The molecule has 1 aromatic heterocycles. The minimum absolute atomic E-state index is 0.135. The Morgan fingerprint density at radius 1 is 1.58 bits per heavy atom. The molecule has 1 atom stereocenters. The van der Waals surface area contributed by atoms with E-state index in [1.54, 1.807) is 13.3 Å². The van der Waals surface area contributed by atoms with Crippen molar-refractivity contribution in [2.24, 2.45) is 10.7 Å². The van der Waals surface area contributed by atoms with E-state index in [0.717, 1.165) is 11.4 Å². The van der Waals surface area contributed by atoms with Gasteiger partial charge in [0.25, 0.3) is 0 Å². The van der Waals surface area contributed by atoms with Crippen LogP contribution in [0.1, 0.15) is 12.5 Å². The zero-order valence-electron chi connectivity index (χ0n) is 12.1. The Hall–Kier alpha value is -1.82. The first-order chi connectivity index (χ1) is 9.04. The molecule has 1 aromatic rings. The van der Waals surface area contributed by atoms with E-state index in [9.17, 15) is 0 Å². The fraction of sp³-hybridized carbons (Fsp3) is 0.538. The van der Waals surface area contributed by atoms with Crippen molar-refractivity contribution in [2.45, 2.75) is 19.5 Å². The smallest absolute Gasteiger partial charge is 0.189 e. The zero-order valence-corrected chi connectivity index (χ0v) is 12.1. The molecule has 1 rings (SSSR count). The van der Waals surface area contributed by atoms with Crippen LogP contribution in [0.3, 0.4) is 0 Å². The number of aromatic nitrogens is 1. The van der Waals surface area contributed by atoms with Gasteiger partial charge in [-0.15, -0.1) is 0 Å². The second-order valence-electron chi connectivity index (χ2n) is 4.58. The highest BCUT2D eigenvalue weighted by Gasteiger charge is 2.05. The van der Waals surface area contributed by atoms with Gasteiger partial charge in [0.15, 0.2) is 5.96 Å². The lowest BCUT2D eigenvalue weighted by Crippen LogP contribution is -2.40. The molecule has 0 bridgehead atoms. The van der Waals surface area contributed by atoms with E-state index in [1.165, 1.54) is 0 Å². The average molecular weight is 265 g/mol. The van der Waals surface area contributed by atoms with E-state index >= 15 is 0 Å². The minimum atomic E-state index is 0.135. The Kier molecular flexibility index (Phi) is 6.08. The molecule has 0 aliphatic rings. The molecule has 6 heteroatoms. The summed E-state index contributed by atoms with van der Waals surface area (Å²) in [6.07, 6.45) is 1.77. The van der Waals surface area contributed by atoms with Gasteiger partial charge in [0.1, 0.15) is 5.82 Å². The topological polar surface area (TPSA) is 75.8 Å². The number of hydrogen-bond acceptors (Lipinski definition) is 4. The number of nitrogens with zero attached hydrogens (tertiary/aromatic N) is 3. The van der Waals surface area contributed by atoms with E-state index in [-0.39, 0.29) is 6.04 Å². The molecule has 1 heterocycles. The maximum atomic E-state index is 5.83. The molecule has 0 aliphatic carbocycles. The van der Waals surface area contributed by atoms with E-state index in [2.05, 4.69) is 15.3 Å². The summed E-state index contributed by atoms with van der Waals surface area (Å²) in [5, 5.41) is 3.07. The van der Waals surface area contributed by atoms with Gasteiger partial charge in [0, 0.05) is 39.0 Å². The third kappa shape index (κ3) is 5.13. The molecule has 0 aromatic carbocycles. The lowest BCUT2D eigenvalue weighted by molar-refractivity contribution is 0.179. The summed E-state index contributed by atoms with van der Waals surface area (Å²) in [5.41, 5.74) is 6.87. The lowest BCUT2D eigenvalue weighted by Gasteiger charge is -2.15. The van der Waals surface area contributed by atoms with Crippen LogP contribution in [0.2, 0.25) is 0 Å². The van der Waals surface area contributed by atoms with Crippen molar-refractivity contribution < 1.29 is 4.74 Å². The Balaban J connectivity index is 2.65. The predicted molar refractivity (Wildman–Crippen MR) is 78.4 cm³/mol. The van der Waals surface area contributed by atoms with Crippen molar-refractivity contribution in [3.05, 3.63) is 23.9 Å². The Labute approximate surface area is 114 Å². The summed E-state index contributed by atoms with van der Waals surface area (Å²) < 4.78 is 5.03. The third-order valence-corrected chi connectivity index (χ3v) is 2.52. The first-order valence-electron chi connectivity index (χ1n) is 6.21. The van der Waals surface area contributed by atoms with E-state index in [4.69, 9.17) is 10.5 Å². The summed E-state index contributed by atoms with van der Waals surface area (Å²) in [5.74, 6) is 1.32. The van der Waals surface area contributed by atoms with Gasteiger partial charge in [-0.1, -0.05) is 6.07 Å². The molecule has 0 saturated carbocycles. The fourth-order valence-electron chi connectivity index (χ4n) is 1.72. The summed E-state index contributed by atoms with van der Waals surface area (Å²) in [6.45, 7) is 3.08. The van der Waals surface area contributed by atoms with Gasteiger partial charge in [-0.25, -0.2) is 9.98 Å². The number of nitrogens with one attached hydrogen (secondary N) is 1. The predicted octanol–water partition coefficient (Wildman–Crippen LogP) is 0.587. The lowest BCUT2D eigenvalue weighted by atomic mass is 10.2. The number of rotatable bonds is 6. The van der Waals surface area contributed by atoms with E-state index < -0.39 is 0 Å². The monoisotopic (exact) mass is 265 g/mol. The zero-order chi connectivity index (χ0) is 14.3. The number of methoxy groups -OCH3 is 1. The van der Waals surface area contributed by atoms with Gasteiger partial charge in [-0.05, 0) is 13.0 Å². The van der Waals surface area contributed by atoms with Crippen molar-refractivity contribution in [3.8, 4) is 0 Å². The first kappa shape index (κ1) is 15.2. The van der Waals surface area contributed by atoms with Crippen LogP contribution < -0.4 is 16.0 Å². The number of nitrogens with two attached hydrogens (primary N) is 1. The number of pyridine rings is 1. The maximum absolute atomic E-state index is 5.83. The Morgan fingerprint density at radius 3 is 2.95 bits per heavy atom. The van der Waals surface area contributed by atoms with Crippen LogP contribution in [0.15, 0.2) is 23.3 Å². The normalized spacial score (nSPS) is 13.2. The molecular formula is C13H23N5O. The van der Waals surface area contributed by atoms with Gasteiger partial charge < -0.3 is 20.7 Å². The SMILES string of the molecule is COCC(C)NC(N)=NCc1cccnc1N(C)C. The summed E-state index contributed by atoms with van der Waals surface area (Å²) >= 11 is 0. The van der Waals surface area contributed by atoms with Crippen molar-refractivity contribution in [1.82, 2.24) is 10.3 Å². The summed E-state index contributed by atoms with van der Waals surface area (Å²) in [4.78, 5) is 10.6. The van der Waals surface area contributed by atoms with Crippen molar-refractivity contribution >= 4 is 11.8 Å².